The van der Waals surface area contributed by atoms with E-state index in [9.17, 15) is 8.42 Å². The monoisotopic (exact) mass is 240 g/mol. The summed E-state index contributed by atoms with van der Waals surface area (Å²) in [6, 6.07) is 5.43. The predicted octanol–water partition coefficient (Wildman–Crippen LogP) is 2.49. The molecule has 0 fully saturated rings. The lowest BCUT2D eigenvalue weighted by Crippen LogP contribution is -1.94. The Morgan fingerprint density at radius 3 is 2.73 bits per heavy atom. The highest BCUT2D eigenvalue weighted by Gasteiger charge is 2.27. The fourth-order valence-electron chi connectivity index (χ4n) is 1.86. The number of benzene rings is 1. The first kappa shape index (κ1) is 10.8. The van der Waals surface area contributed by atoms with Crippen molar-refractivity contribution >= 4 is 27.2 Å². The zero-order valence-electron chi connectivity index (χ0n) is 8.65. The Balaban J connectivity index is 2.69. The number of hydrogen-bond donors (Lipinski definition) is 0. The first-order valence-electron chi connectivity index (χ1n) is 4.61. The molecule has 0 unspecified atom stereocenters. The number of thioether (sulfide) groups is 1. The summed E-state index contributed by atoms with van der Waals surface area (Å²) in [5.74, 6) is 0.747. The van der Waals surface area contributed by atoms with Crippen LogP contribution in [0.25, 0.3) is 5.57 Å². The van der Waals surface area contributed by atoms with Crippen molar-refractivity contribution in [1.82, 2.24) is 0 Å². The highest BCUT2D eigenvalue weighted by molar-refractivity contribution is 7.99. The molecule has 0 radical (unpaired) electrons. The minimum Gasteiger partial charge on any atom is -0.219 e. The maximum Gasteiger partial charge on any atom is 0.200 e. The molecule has 1 aliphatic heterocycles. The Morgan fingerprint density at radius 1 is 1.33 bits per heavy atom. The van der Waals surface area contributed by atoms with Crippen molar-refractivity contribution < 1.29 is 8.42 Å². The van der Waals surface area contributed by atoms with Gasteiger partial charge in [0.15, 0.2) is 0 Å². The van der Waals surface area contributed by atoms with Crippen LogP contribution in [0, 0.1) is 6.92 Å². The molecule has 0 spiro atoms. The smallest absolute Gasteiger partial charge is 0.200 e. The second-order valence-corrected chi connectivity index (χ2v) is 6.20. The van der Waals surface area contributed by atoms with Crippen molar-refractivity contribution in [2.45, 2.75) is 11.8 Å². The van der Waals surface area contributed by atoms with Crippen LogP contribution in [0.15, 0.2) is 28.5 Å². The molecule has 1 aromatic carbocycles. The standard InChI is InChI=1S/C11H12O2S2/c1-8-4-3-5-10-11(8)9(6-14-2)7-15(10,12)13/h3-5,7H,6H2,1-2H3. The van der Waals surface area contributed by atoms with Crippen molar-refractivity contribution in [3.05, 3.63) is 34.7 Å². The number of fused-ring (bicyclic) bond motifs is 1. The topological polar surface area (TPSA) is 34.1 Å². The predicted molar refractivity (Wildman–Crippen MR) is 64.7 cm³/mol. The van der Waals surface area contributed by atoms with Crippen molar-refractivity contribution in [2.75, 3.05) is 12.0 Å². The van der Waals surface area contributed by atoms with Crippen LogP contribution >= 0.6 is 11.8 Å². The first-order valence-corrected chi connectivity index (χ1v) is 7.55. The van der Waals surface area contributed by atoms with E-state index in [2.05, 4.69) is 0 Å². The van der Waals surface area contributed by atoms with Crippen molar-refractivity contribution in [3.63, 3.8) is 0 Å². The Hall–Kier alpha value is -0.740. The number of aryl methyl sites for hydroxylation is 1. The van der Waals surface area contributed by atoms with E-state index in [0.717, 1.165) is 22.5 Å². The minimum atomic E-state index is -3.17. The summed E-state index contributed by atoms with van der Waals surface area (Å²) >= 11 is 1.64. The summed E-state index contributed by atoms with van der Waals surface area (Å²) in [4.78, 5) is 0.464. The van der Waals surface area contributed by atoms with Gasteiger partial charge in [-0.15, -0.1) is 0 Å². The molecule has 2 nitrogen and oxygen atoms in total. The van der Waals surface area contributed by atoms with Crippen LogP contribution in [0.4, 0.5) is 0 Å². The molecule has 0 saturated carbocycles. The molecule has 1 aromatic rings. The van der Waals surface area contributed by atoms with Gasteiger partial charge >= 0.3 is 0 Å². The maximum absolute atomic E-state index is 11.8. The number of sulfone groups is 1. The highest BCUT2D eigenvalue weighted by atomic mass is 32.2. The molecule has 0 aliphatic carbocycles. The normalized spacial score (nSPS) is 17.3. The third-order valence-electron chi connectivity index (χ3n) is 2.46. The molecule has 15 heavy (non-hydrogen) atoms. The van der Waals surface area contributed by atoms with E-state index in [4.69, 9.17) is 0 Å². The van der Waals surface area contributed by atoms with E-state index in [1.807, 2.05) is 19.2 Å². The van der Waals surface area contributed by atoms with Gasteiger partial charge in [0.2, 0.25) is 9.84 Å². The van der Waals surface area contributed by atoms with Crippen molar-refractivity contribution in [2.24, 2.45) is 0 Å². The van der Waals surface area contributed by atoms with E-state index in [-0.39, 0.29) is 0 Å². The summed E-state index contributed by atoms with van der Waals surface area (Å²) in [5.41, 5.74) is 2.87. The fraction of sp³-hybridized carbons (Fsp3) is 0.273. The summed E-state index contributed by atoms with van der Waals surface area (Å²) < 4.78 is 23.6. The van der Waals surface area contributed by atoms with E-state index < -0.39 is 9.84 Å². The summed E-state index contributed by atoms with van der Waals surface area (Å²) in [7, 11) is -3.17. The summed E-state index contributed by atoms with van der Waals surface area (Å²) in [6.45, 7) is 1.95. The van der Waals surface area contributed by atoms with Crippen molar-refractivity contribution in [1.29, 1.82) is 0 Å². The zero-order valence-corrected chi connectivity index (χ0v) is 10.3. The molecule has 0 atom stereocenters. The first-order chi connectivity index (χ1) is 7.06. The van der Waals surface area contributed by atoms with Gasteiger partial charge < -0.3 is 0 Å². The largest absolute Gasteiger partial charge is 0.219 e. The molecule has 0 bridgehead atoms. The number of hydrogen-bond acceptors (Lipinski definition) is 3. The molecular weight excluding hydrogens is 228 g/mol. The Morgan fingerprint density at radius 2 is 2.07 bits per heavy atom. The fourth-order valence-corrected chi connectivity index (χ4v) is 4.05. The molecule has 0 N–H and O–H groups in total. The summed E-state index contributed by atoms with van der Waals surface area (Å²) in [5, 5.41) is 1.40. The van der Waals surface area contributed by atoms with Gasteiger partial charge in [0, 0.05) is 16.7 Å². The molecule has 1 aliphatic rings. The molecule has 4 heteroatoms. The van der Waals surface area contributed by atoms with Crippen LogP contribution < -0.4 is 0 Å². The van der Waals surface area contributed by atoms with E-state index in [0.29, 0.717) is 4.90 Å². The van der Waals surface area contributed by atoms with Gasteiger partial charge in [-0.05, 0) is 30.4 Å². The quantitative estimate of drug-likeness (QED) is 0.796. The zero-order chi connectivity index (χ0) is 11.1. The van der Waals surface area contributed by atoms with E-state index >= 15 is 0 Å². The van der Waals surface area contributed by atoms with Gasteiger partial charge in [-0.2, -0.15) is 11.8 Å². The maximum atomic E-state index is 11.8. The van der Waals surface area contributed by atoms with Gasteiger partial charge in [0.1, 0.15) is 0 Å². The molecule has 0 saturated heterocycles. The van der Waals surface area contributed by atoms with Gasteiger partial charge in [-0.1, -0.05) is 12.1 Å². The van der Waals surface area contributed by atoms with Crippen molar-refractivity contribution in [3.8, 4) is 0 Å². The molecule has 1 heterocycles. The molecular formula is C11H12O2S2. The highest BCUT2D eigenvalue weighted by Crippen LogP contribution is 2.36. The van der Waals surface area contributed by atoms with Gasteiger partial charge in [-0.3, -0.25) is 0 Å². The average Bonchev–Trinajstić information content (AvgIpc) is 2.41. The third kappa shape index (κ3) is 1.72. The van der Waals surface area contributed by atoms with E-state index in [1.165, 1.54) is 5.41 Å². The minimum absolute atomic E-state index is 0.464. The van der Waals surface area contributed by atoms with Crippen LogP contribution in [0.5, 0.6) is 0 Å². The second kappa shape index (κ2) is 3.68. The average molecular weight is 240 g/mol. The Kier molecular flexibility index (Phi) is 2.64. The molecule has 80 valence electrons. The summed E-state index contributed by atoms with van der Waals surface area (Å²) in [6.07, 6.45) is 1.98. The second-order valence-electron chi connectivity index (χ2n) is 3.57. The van der Waals surface area contributed by atoms with Gasteiger partial charge in [0.25, 0.3) is 0 Å². The van der Waals surface area contributed by atoms with Crippen LogP contribution in [0.3, 0.4) is 0 Å². The Labute approximate surface area is 94.3 Å². The lowest BCUT2D eigenvalue weighted by Gasteiger charge is -2.06. The number of rotatable bonds is 2. The van der Waals surface area contributed by atoms with Crippen LogP contribution in [-0.4, -0.2) is 20.4 Å². The van der Waals surface area contributed by atoms with Gasteiger partial charge in [-0.25, -0.2) is 8.42 Å². The van der Waals surface area contributed by atoms with Crippen LogP contribution in [0.1, 0.15) is 11.1 Å². The Bertz CT molecular complexity index is 528. The molecule has 0 aromatic heterocycles. The lowest BCUT2D eigenvalue weighted by atomic mass is 10.0. The SMILES string of the molecule is CSCC1=CS(=O)(=O)c2cccc(C)c21. The third-order valence-corrected chi connectivity index (χ3v) is 4.61. The lowest BCUT2D eigenvalue weighted by molar-refractivity contribution is 0.605. The van der Waals surface area contributed by atoms with Crippen LogP contribution in [0.2, 0.25) is 0 Å². The molecule has 0 amide bonds. The van der Waals surface area contributed by atoms with Gasteiger partial charge in [0.05, 0.1) is 4.90 Å². The van der Waals surface area contributed by atoms with Crippen LogP contribution in [-0.2, 0) is 9.84 Å². The molecule has 2 rings (SSSR count). The van der Waals surface area contributed by atoms with E-state index in [1.54, 1.807) is 23.9 Å².